The van der Waals surface area contributed by atoms with Crippen LogP contribution in [0.25, 0.3) is 21.5 Å². The first-order chi connectivity index (χ1) is 23.0. The van der Waals surface area contributed by atoms with Crippen LogP contribution in [0.3, 0.4) is 0 Å². The van der Waals surface area contributed by atoms with E-state index in [4.69, 9.17) is 7.92 Å². The molecular formula is C41H32ClFeN3O2. The van der Waals surface area contributed by atoms with Crippen LogP contribution in [0.5, 0.6) is 0 Å². The van der Waals surface area contributed by atoms with Crippen molar-refractivity contribution in [3.63, 3.8) is 0 Å². The number of hydrogen-bond donors (Lipinski definition) is 0. The summed E-state index contributed by atoms with van der Waals surface area (Å²) < 4.78 is 9.62. The van der Waals surface area contributed by atoms with E-state index in [0.29, 0.717) is 25.7 Å². The van der Waals surface area contributed by atoms with Gasteiger partial charge in [0, 0.05) is 11.1 Å². The van der Waals surface area contributed by atoms with Crippen LogP contribution in [0.15, 0.2) is 160 Å². The fourth-order valence-corrected chi connectivity index (χ4v) is 6.12. The second-order valence-electron chi connectivity index (χ2n) is 10.9. The quantitative estimate of drug-likeness (QED) is 0.129. The Bertz CT molecular complexity index is 2150. The van der Waals surface area contributed by atoms with Gasteiger partial charge in [0.1, 0.15) is 11.4 Å². The number of fused-ring (bicyclic) bond motifs is 2. The Morgan fingerprint density at radius 2 is 0.875 bits per heavy atom. The number of hydrogen-bond acceptors (Lipinski definition) is 5. The van der Waals surface area contributed by atoms with Gasteiger partial charge in [-0.25, -0.2) is 4.98 Å². The molecule has 0 aliphatic carbocycles. The molecule has 0 atom stereocenters. The Labute approximate surface area is 291 Å². The Kier molecular flexibility index (Phi) is 11.4. The number of pyridine rings is 1. The molecule has 0 spiro atoms. The van der Waals surface area contributed by atoms with Crippen molar-refractivity contribution in [2.45, 2.75) is 13.8 Å². The van der Waals surface area contributed by atoms with E-state index < -0.39 is 0 Å². The zero-order valence-electron chi connectivity index (χ0n) is 26.4. The van der Waals surface area contributed by atoms with Crippen LogP contribution in [0.4, 0.5) is 11.4 Å². The summed E-state index contributed by atoms with van der Waals surface area (Å²) in [5, 5.41) is 4.81. The number of ketones is 2. The maximum absolute atomic E-state index is 12.4. The monoisotopic (exact) mass is 689 g/mol. The average molecular weight is 690 g/mol. The van der Waals surface area contributed by atoms with E-state index in [0.717, 1.165) is 11.4 Å². The first kappa shape index (κ1) is 34.1. The molecule has 7 rings (SSSR count). The average Bonchev–Trinajstić information content (AvgIpc) is 3.13. The normalized spacial score (nSPS) is 10.4. The van der Waals surface area contributed by atoms with Gasteiger partial charge >= 0.3 is 153 Å². The second kappa shape index (κ2) is 16.0. The molecule has 0 aliphatic heterocycles. The predicted molar refractivity (Wildman–Crippen MR) is 193 cm³/mol. The van der Waals surface area contributed by atoms with E-state index in [1.54, 1.807) is 66.7 Å². The number of nitrogens with zero attached hydrogens (tertiary/aromatic N) is 3. The molecular weight excluding hydrogens is 658 g/mol. The van der Waals surface area contributed by atoms with E-state index in [1.165, 1.54) is 32.7 Å². The van der Waals surface area contributed by atoms with Crippen molar-refractivity contribution in [3.8, 4) is 0 Å². The number of carbonyl (C=O) groups excluding carboxylic acids is 2. The first-order valence-corrected chi connectivity index (χ1v) is 16.1. The molecule has 7 heteroatoms. The molecule has 0 saturated carbocycles. The van der Waals surface area contributed by atoms with Crippen LogP contribution in [0.2, 0.25) is 0 Å². The van der Waals surface area contributed by atoms with Gasteiger partial charge in [-0.3, -0.25) is 9.59 Å². The number of carbonyl (C=O) groups is 2. The molecule has 48 heavy (non-hydrogen) atoms. The molecule has 0 N–H and O–H groups in total. The molecule has 1 aromatic heterocycles. The fourth-order valence-electron chi connectivity index (χ4n) is 5.19. The Balaban J connectivity index is 0.000000186. The van der Waals surface area contributed by atoms with Crippen LogP contribution in [0.1, 0.15) is 43.2 Å². The molecule has 0 aliphatic rings. The van der Waals surface area contributed by atoms with Crippen LogP contribution in [0, 0.1) is 13.8 Å². The summed E-state index contributed by atoms with van der Waals surface area (Å²) in [4.78, 5) is 29.0. The number of aromatic nitrogens is 1. The maximum atomic E-state index is 12.4. The van der Waals surface area contributed by atoms with Gasteiger partial charge in [0.05, 0.1) is 0 Å². The van der Waals surface area contributed by atoms with Crippen LogP contribution < -0.4 is 0 Å². The smallest absolute Gasteiger partial charge is 0.211 e. The Morgan fingerprint density at radius 3 is 1.31 bits per heavy atom. The van der Waals surface area contributed by atoms with E-state index in [-0.39, 0.29) is 35.4 Å². The summed E-state index contributed by atoms with van der Waals surface area (Å²) in [6.45, 7) is 4.21. The molecule has 238 valence electrons. The topological polar surface area (TPSA) is 71.8 Å². The Hall–Kier alpha value is -5.26. The van der Waals surface area contributed by atoms with Gasteiger partial charge in [0.25, 0.3) is 0 Å². The molecule has 7 aromatic rings. The number of aryl methyl sites for hydroxylation is 2. The van der Waals surface area contributed by atoms with Crippen LogP contribution >= 0.6 is 12.4 Å². The first-order valence-electron chi connectivity index (χ1n) is 15.2. The SMILES string of the molecule is Cc1ccc2ccccc2c1[N]=[Fe]=[N]c1c(C)ccc2ccccc12.Cl.O=C(c1ccccc1)c1cccc(C(=O)c2ccccc2)n1. The minimum Gasteiger partial charge on any atom is -0.287 e. The predicted octanol–water partition coefficient (Wildman–Crippen LogP) is 11.0. The zero-order valence-corrected chi connectivity index (χ0v) is 28.3. The third-order valence-corrected chi connectivity index (χ3v) is 8.43. The number of halogens is 1. The van der Waals surface area contributed by atoms with Crippen molar-refractivity contribution in [2.75, 3.05) is 0 Å². The third kappa shape index (κ3) is 7.81. The fraction of sp³-hybridized carbons (Fsp3) is 0.0488. The van der Waals surface area contributed by atoms with E-state index in [1.807, 2.05) is 12.1 Å². The molecule has 0 fully saturated rings. The summed E-state index contributed by atoms with van der Waals surface area (Å²) in [6.07, 6.45) is 0. The molecule has 0 saturated heterocycles. The molecule has 0 bridgehead atoms. The number of benzene rings is 6. The van der Waals surface area contributed by atoms with E-state index in [2.05, 4.69) is 91.6 Å². The summed E-state index contributed by atoms with van der Waals surface area (Å²) in [5.74, 6) is -0.383. The minimum absolute atomic E-state index is 0. The second-order valence-corrected chi connectivity index (χ2v) is 11.6. The summed E-state index contributed by atoms with van der Waals surface area (Å²) >= 11 is 0.434. The minimum atomic E-state index is -0.191. The summed E-state index contributed by atoms with van der Waals surface area (Å²) in [7, 11) is 0. The van der Waals surface area contributed by atoms with Gasteiger partial charge in [-0.2, -0.15) is 0 Å². The zero-order chi connectivity index (χ0) is 32.6. The van der Waals surface area contributed by atoms with Crippen molar-refractivity contribution < 1.29 is 24.2 Å². The molecule has 0 radical (unpaired) electrons. The van der Waals surface area contributed by atoms with Crippen molar-refractivity contribution >= 4 is 56.9 Å². The van der Waals surface area contributed by atoms with Gasteiger partial charge in [-0.15, -0.1) is 12.4 Å². The van der Waals surface area contributed by atoms with Gasteiger partial charge in [0.15, 0.2) is 0 Å². The molecule has 0 amide bonds. The van der Waals surface area contributed by atoms with Gasteiger partial charge in [-0.1, -0.05) is 66.7 Å². The summed E-state index contributed by atoms with van der Waals surface area (Å²) in [6, 6.07) is 48.0. The van der Waals surface area contributed by atoms with Crippen molar-refractivity contribution in [2.24, 2.45) is 7.92 Å². The molecule has 6 aromatic carbocycles. The summed E-state index contributed by atoms with van der Waals surface area (Å²) in [5.41, 5.74) is 6.10. The maximum Gasteiger partial charge on any atom is 0.211 e. The van der Waals surface area contributed by atoms with E-state index in [9.17, 15) is 9.59 Å². The van der Waals surface area contributed by atoms with Crippen molar-refractivity contribution in [1.82, 2.24) is 4.98 Å². The third-order valence-electron chi connectivity index (χ3n) is 7.72. The van der Waals surface area contributed by atoms with Crippen LogP contribution in [-0.4, -0.2) is 16.6 Å². The van der Waals surface area contributed by atoms with Crippen LogP contribution in [-0.2, 0) is 14.6 Å². The largest absolute Gasteiger partial charge is 0.287 e. The van der Waals surface area contributed by atoms with Gasteiger partial charge in [0.2, 0.25) is 11.6 Å². The van der Waals surface area contributed by atoms with Gasteiger partial charge < -0.3 is 0 Å². The van der Waals surface area contributed by atoms with Gasteiger partial charge in [-0.05, 0) is 12.1 Å². The standard InChI is InChI=1S/C19H13NO2.2C11H9N.ClH.Fe/c21-18(14-8-3-1-4-9-14)16-12-7-13-17(20-16)19(22)15-10-5-2-6-11-15;2*1-8-6-7-9-4-2-3-5-10(9)11(8)12;;/h1-13H;2*2-7H,1H3;1H;. The number of rotatable bonds is 6. The van der Waals surface area contributed by atoms with E-state index >= 15 is 0 Å². The van der Waals surface area contributed by atoms with Crippen molar-refractivity contribution in [3.05, 3.63) is 185 Å². The van der Waals surface area contributed by atoms with Crippen molar-refractivity contribution in [1.29, 1.82) is 0 Å². The molecule has 1 heterocycles. The molecule has 0 unspecified atom stereocenters. The Morgan fingerprint density at radius 1 is 0.479 bits per heavy atom. The molecule has 5 nitrogen and oxygen atoms in total.